The molecule has 0 aromatic heterocycles. The third kappa shape index (κ3) is 5.75. The summed E-state index contributed by atoms with van der Waals surface area (Å²) in [5.41, 5.74) is 2.27. The monoisotopic (exact) mass is 457 g/mol. The van der Waals surface area contributed by atoms with Crippen LogP contribution < -0.4 is 0 Å². The van der Waals surface area contributed by atoms with Crippen LogP contribution in [0.25, 0.3) is 0 Å². The molecule has 0 saturated carbocycles. The molecule has 0 bridgehead atoms. The zero-order valence-electron chi connectivity index (χ0n) is 18.4. The molecule has 2 heterocycles. The van der Waals surface area contributed by atoms with Crippen LogP contribution in [0.5, 0.6) is 0 Å². The third-order valence-electron chi connectivity index (χ3n) is 6.13. The predicted molar refractivity (Wildman–Crippen MR) is 123 cm³/mol. The number of carbonyl (C=O) groups excluding carboxylic acids is 1. The van der Waals surface area contributed by atoms with Crippen molar-refractivity contribution in [1.82, 2.24) is 14.1 Å². The summed E-state index contributed by atoms with van der Waals surface area (Å²) in [7, 11) is -3.48. The highest BCUT2D eigenvalue weighted by Gasteiger charge is 2.26. The Morgan fingerprint density at radius 3 is 2.12 bits per heavy atom. The molecule has 0 aliphatic carbocycles. The number of carbonyl (C=O) groups is 1. The maximum absolute atomic E-state index is 12.7. The van der Waals surface area contributed by atoms with Gasteiger partial charge in [0.2, 0.25) is 15.9 Å². The number of benzene rings is 2. The Labute approximate surface area is 190 Å². The zero-order valence-corrected chi connectivity index (χ0v) is 19.2. The number of morpholine rings is 1. The minimum atomic E-state index is -3.48. The molecule has 1 amide bonds. The summed E-state index contributed by atoms with van der Waals surface area (Å²) in [4.78, 5) is 17.3. The minimum Gasteiger partial charge on any atom is -0.379 e. The van der Waals surface area contributed by atoms with E-state index in [1.807, 2.05) is 23.1 Å². The highest BCUT2D eigenvalue weighted by Crippen LogP contribution is 2.18. The van der Waals surface area contributed by atoms with E-state index < -0.39 is 10.0 Å². The summed E-state index contributed by atoms with van der Waals surface area (Å²) in [5.74, 6) is 0.161. The van der Waals surface area contributed by atoms with E-state index in [4.69, 9.17) is 4.74 Å². The Morgan fingerprint density at radius 2 is 1.47 bits per heavy atom. The Hall–Kier alpha value is -2.26. The van der Waals surface area contributed by atoms with E-state index in [0.717, 1.165) is 38.3 Å². The number of sulfonamides is 1. The molecule has 0 atom stereocenters. The van der Waals surface area contributed by atoms with Gasteiger partial charge in [-0.05, 0) is 29.7 Å². The lowest BCUT2D eigenvalue weighted by molar-refractivity contribution is -0.133. The Bertz CT molecular complexity index is 982. The largest absolute Gasteiger partial charge is 0.379 e. The molecule has 172 valence electrons. The van der Waals surface area contributed by atoms with Gasteiger partial charge in [-0.15, -0.1) is 0 Å². The second kappa shape index (κ2) is 10.6. The van der Waals surface area contributed by atoms with Crippen molar-refractivity contribution in [2.75, 3.05) is 52.5 Å². The van der Waals surface area contributed by atoms with Crippen molar-refractivity contribution in [2.45, 2.75) is 24.3 Å². The van der Waals surface area contributed by atoms with Crippen LogP contribution in [0.3, 0.4) is 0 Å². The van der Waals surface area contributed by atoms with Crippen LogP contribution in [0, 0.1) is 0 Å². The van der Waals surface area contributed by atoms with E-state index >= 15 is 0 Å². The van der Waals surface area contributed by atoms with E-state index in [1.54, 1.807) is 12.1 Å². The maximum Gasteiger partial charge on any atom is 0.243 e. The number of amides is 1. The maximum atomic E-state index is 12.7. The van der Waals surface area contributed by atoms with Gasteiger partial charge in [-0.1, -0.05) is 42.5 Å². The van der Waals surface area contributed by atoms with Crippen LogP contribution in [0.15, 0.2) is 59.5 Å². The molecular formula is C24H31N3O4S. The first-order valence-corrected chi connectivity index (χ1v) is 12.7. The lowest BCUT2D eigenvalue weighted by Gasteiger charge is -2.34. The second-order valence-electron chi connectivity index (χ2n) is 8.30. The molecule has 0 spiro atoms. The molecule has 4 rings (SSSR count). The molecule has 8 heteroatoms. The highest BCUT2D eigenvalue weighted by atomic mass is 32.2. The molecular weight excluding hydrogens is 426 g/mol. The van der Waals surface area contributed by atoms with Crippen molar-refractivity contribution in [1.29, 1.82) is 0 Å². The van der Waals surface area contributed by atoms with Gasteiger partial charge in [-0.3, -0.25) is 9.69 Å². The van der Waals surface area contributed by atoms with Gasteiger partial charge in [0.05, 0.1) is 18.1 Å². The summed E-state index contributed by atoms with van der Waals surface area (Å²) in [6, 6.07) is 17.3. The first kappa shape index (κ1) is 22.9. The number of ether oxygens (including phenoxy) is 1. The fourth-order valence-corrected chi connectivity index (χ4v) is 5.58. The molecule has 2 fully saturated rings. The summed E-state index contributed by atoms with van der Waals surface area (Å²) < 4.78 is 32.1. The van der Waals surface area contributed by atoms with E-state index in [9.17, 15) is 13.2 Å². The van der Waals surface area contributed by atoms with Gasteiger partial charge in [-0.2, -0.15) is 4.31 Å². The molecule has 0 unspecified atom stereocenters. The van der Waals surface area contributed by atoms with Gasteiger partial charge in [0.25, 0.3) is 0 Å². The van der Waals surface area contributed by atoms with Gasteiger partial charge in [0, 0.05) is 52.2 Å². The van der Waals surface area contributed by atoms with Crippen molar-refractivity contribution < 1.29 is 17.9 Å². The molecule has 2 aliphatic heterocycles. The van der Waals surface area contributed by atoms with E-state index in [-0.39, 0.29) is 5.91 Å². The minimum absolute atomic E-state index is 0.161. The molecule has 2 aromatic carbocycles. The Morgan fingerprint density at radius 1 is 0.812 bits per heavy atom. The van der Waals surface area contributed by atoms with E-state index in [1.165, 1.54) is 9.87 Å². The number of aryl methyl sites for hydroxylation is 1. The van der Waals surface area contributed by atoms with E-state index in [0.29, 0.717) is 44.0 Å². The van der Waals surface area contributed by atoms with Crippen LogP contribution in [-0.4, -0.2) is 80.9 Å². The Kier molecular flexibility index (Phi) is 7.57. The molecule has 0 radical (unpaired) electrons. The SMILES string of the molecule is O=C(CCc1ccc(S(=O)(=O)N2CCOCC2)cc1)N1CCN(Cc2ccccc2)CC1. The van der Waals surface area contributed by atoms with Crippen molar-refractivity contribution in [2.24, 2.45) is 0 Å². The number of rotatable bonds is 7. The summed E-state index contributed by atoms with van der Waals surface area (Å²) >= 11 is 0. The summed E-state index contributed by atoms with van der Waals surface area (Å²) in [5, 5.41) is 0. The number of hydrogen-bond donors (Lipinski definition) is 0. The van der Waals surface area contributed by atoms with Crippen LogP contribution in [-0.2, 0) is 32.5 Å². The fraction of sp³-hybridized carbons (Fsp3) is 0.458. The fourth-order valence-electron chi connectivity index (χ4n) is 4.17. The topological polar surface area (TPSA) is 70.2 Å². The van der Waals surface area contributed by atoms with Gasteiger partial charge >= 0.3 is 0 Å². The van der Waals surface area contributed by atoms with Crippen molar-refractivity contribution in [3.8, 4) is 0 Å². The van der Waals surface area contributed by atoms with Crippen LogP contribution in [0.4, 0.5) is 0 Å². The molecule has 2 aromatic rings. The van der Waals surface area contributed by atoms with Crippen LogP contribution >= 0.6 is 0 Å². The Balaban J connectivity index is 1.24. The first-order valence-electron chi connectivity index (χ1n) is 11.2. The first-order chi connectivity index (χ1) is 15.5. The lowest BCUT2D eigenvalue weighted by atomic mass is 10.1. The average molecular weight is 458 g/mol. The van der Waals surface area contributed by atoms with Gasteiger partial charge in [0.15, 0.2) is 0 Å². The van der Waals surface area contributed by atoms with Gasteiger partial charge in [0.1, 0.15) is 0 Å². The molecule has 0 N–H and O–H groups in total. The lowest BCUT2D eigenvalue weighted by Crippen LogP contribution is -2.48. The number of nitrogens with zero attached hydrogens (tertiary/aromatic N) is 3. The van der Waals surface area contributed by atoms with E-state index in [2.05, 4.69) is 29.2 Å². The molecule has 7 nitrogen and oxygen atoms in total. The zero-order chi connectivity index (χ0) is 22.4. The second-order valence-corrected chi connectivity index (χ2v) is 10.2. The smallest absolute Gasteiger partial charge is 0.243 e. The quantitative estimate of drug-likeness (QED) is 0.636. The average Bonchev–Trinajstić information content (AvgIpc) is 2.84. The van der Waals surface area contributed by atoms with Crippen molar-refractivity contribution in [3.05, 3.63) is 65.7 Å². The molecule has 2 aliphatic rings. The van der Waals surface area contributed by atoms with Gasteiger partial charge < -0.3 is 9.64 Å². The third-order valence-corrected chi connectivity index (χ3v) is 8.05. The van der Waals surface area contributed by atoms with Crippen LogP contribution in [0.1, 0.15) is 17.5 Å². The summed E-state index contributed by atoms with van der Waals surface area (Å²) in [6.07, 6.45) is 1.05. The van der Waals surface area contributed by atoms with Crippen molar-refractivity contribution >= 4 is 15.9 Å². The molecule has 32 heavy (non-hydrogen) atoms. The summed E-state index contributed by atoms with van der Waals surface area (Å²) in [6.45, 7) is 5.82. The van der Waals surface area contributed by atoms with Crippen molar-refractivity contribution in [3.63, 3.8) is 0 Å². The highest BCUT2D eigenvalue weighted by molar-refractivity contribution is 7.89. The normalized spacial score (nSPS) is 18.6. The van der Waals surface area contributed by atoms with Gasteiger partial charge in [-0.25, -0.2) is 8.42 Å². The van der Waals surface area contributed by atoms with Crippen LogP contribution in [0.2, 0.25) is 0 Å². The number of hydrogen-bond acceptors (Lipinski definition) is 5. The standard InChI is InChI=1S/C24H31N3O4S/c28-24(26-14-12-25(13-15-26)20-22-4-2-1-3-5-22)11-8-21-6-9-23(10-7-21)32(29,30)27-16-18-31-19-17-27/h1-7,9-10H,8,11-20H2. The number of piperazine rings is 1. The molecule has 2 saturated heterocycles. The predicted octanol–water partition coefficient (Wildman–Crippen LogP) is 1.98.